The molecule has 0 fully saturated rings. The van der Waals surface area contributed by atoms with Gasteiger partial charge in [-0.2, -0.15) is 0 Å². The Morgan fingerprint density at radius 2 is 2.00 bits per heavy atom. The van der Waals surface area contributed by atoms with E-state index >= 15 is 0 Å². The number of carbonyl (C=O) groups excluding carboxylic acids is 1. The molecule has 0 aliphatic carbocycles. The number of amides is 1. The summed E-state index contributed by atoms with van der Waals surface area (Å²) in [6, 6.07) is 11.6. The molecule has 0 saturated heterocycles. The first-order valence-electron chi connectivity index (χ1n) is 9.39. The Morgan fingerprint density at radius 1 is 1.30 bits per heavy atom. The predicted molar refractivity (Wildman–Crippen MR) is 117 cm³/mol. The first-order valence-corrected chi connectivity index (χ1v) is 11.6. The van der Waals surface area contributed by atoms with E-state index in [4.69, 9.17) is 21.1 Å². The lowest BCUT2D eigenvalue weighted by Gasteiger charge is -2.38. The molecule has 1 aliphatic heterocycles. The maximum absolute atomic E-state index is 12.9. The Bertz CT molecular complexity index is 1060. The van der Waals surface area contributed by atoms with Gasteiger partial charge in [0.05, 0.1) is 30.1 Å². The number of ether oxygens (including phenoxy) is 2. The van der Waals surface area contributed by atoms with Crippen molar-refractivity contribution >= 4 is 33.2 Å². The van der Waals surface area contributed by atoms with Crippen molar-refractivity contribution in [2.75, 3.05) is 24.2 Å². The SMILES string of the molecule is COc1ccc2c(c1)C(NC(=O)CN(c1ccccc1Cl)S(C)(=O)=O)CC(C)(C)O2. The molecule has 0 saturated carbocycles. The van der Waals surface area contributed by atoms with Gasteiger partial charge in [0.2, 0.25) is 15.9 Å². The quantitative estimate of drug-likeness (QED) is 0.724. The monoisotopic (exact) mass is 452 g/mol. The fourth-order valence-corrected chi connectivity index (χ4v) is 4.65. The number of anilines is 1. The maximum atomic E-state index is 12.9. The number of fused-ring (bicyclic) bond motifs is 1. The molecule has 2 aromatic carbocycles. The lowest BCUT2D eigenvalue weighted by Crippen LogP contribution is -2.45. The Balaban J connectivity index is 1.87. The molecule has 1 heterocycles. The molecule has 1 amide bonds. The maximum Gasteiger partial charge on any atom is 0.241 e. The summed E-state index contributed by atoms with van der Waals surface area (Å²) in [5.41, 5.74) is 0.538. The summed E-state index contributed by atoms with van der Waals surface area (Å²) in [6.45, 7) is 3.48. The van der Waals surface area contributed by atoms with Crippen LogP contribution in [0.1, 0.15) is 31.9 Å². The third kappa shape index (κ3) is 4.99. The average Bonchev–Trinajstić information content (AvgIpc) is 2.65. The fourth-order valence-electron chi connectivity index (χ4n) is 3.49. The van der Waals surface area contributed by atoms with Gasteiger partial charge >= 0.3 is 0 Å². The Hall–Kier alpha value is -2.45. The van der Waals surface area contributed by atoms with Crippen molar-refractivity contribution in [1.82, 2.24) is 5.32 Å². The van der Waals surface area contributed by atoms with Gasteiger partial charge in [-0.15, -0.1) is 0 Å². The van der Waals surface area contributed by atoms with E-state index in [0.29, 0.717) is 17.9 Å². The normalized spacial score (nSPS) is 17.4. The van der Waals surface area contributed by atoms with E-state index in [1.165, 1.54) is 0 Å². The average molecular weight is 453 g/mol. The zero-order valence-corrected chi connectivity index (χ0v) is 18.9. The molecule has 0 spiro atoms. The summed E-state index contributed by atoms with van der Waals surface area (Å²) in [5, 5.41) is 3.20. The fraction of sp³-hybridized carbons (Fsp3) is 0.381. The Kier molecular flexibility index (Phi) is 6.19. The Morgan fingerprint density at radius 3 is 2.63 bits per heavy atom. The predicted octanol–water partition coefficient (Wildman–Crippen LogP) is 3.53. The first-order chi connectivity index (χ1) is 14.0. The molecule has 0 bridgehead atoms. The highest BCUT2D eigenvalue weighted by atomic mass is 35.5. The molecule has 1 atom stereocenters. The summed E-state index contributed by atoms with van der Waals surface area (Å²) >= 11 is 6.17. The van der Waals surface area contributed by atoms with E-state index in [1.54, 1.807) is 43.5 Å². The third-order valence-corrected chi connectivity index (χ3v) is 6.26. The van der Waals surface area contributed by atoms with Crippen LogP contribution in [0, 0.1) is 0 Å². The largest absolute Gasteiger partial charge is 0.497 e. The Labute approximate surface area is 182 Å². The summed E-state index contributed by atoms with van der Waals surface area (Å²) in [6.07, 6.45) is 1.56. The van der Waals surface area contributed by atoms with Crippen LogP contribution in [0.15, 0.2) is 42.5 Å². The molecule has 9 heteroatoms. The highest BCUT2D eigenvalue weighted by molar-refractivity contribution is 7.92. The minimum atomic E-state index is -3.73. The van der Waals surface area contributed by atoms with E-state index in [0.717, 1.165) is 16.1 Å². The molecule has 1 aliphatic rings. The van der Waals surface area contributed by atoms with Crippen LogP contribution in [-0.4, -0.2) is 39.8 Å². The molecule has 30 heavy (non-hydrogen) atoms. The van der Waals surface area contributed by atoms with Crippen LogP contribution in [-0.2, 0) is 14.8 Å². The van der Waals surface area contributed by atoms with Crippen LogP contribution in [0.4, 0.5) is 5.69 Å². The van der Waals surface area contributed by atoms with Crippen LogP contribution < -0.4 is 19.1 Å². The van der Waals surface area contributed by atoms with Gasteiger partial charge < -0.3 is 14.8 Å². The molecule has 7 nitrogen and oxygen atoms in total. The van der Waals surface area contributed by atoms with E-state index in [-0.39, 0.29) is 23.3 Å². The van der Waals surface area contributed by atoms with E-state index in [1.807, 2.05) is 19.9 Å². The van der Waals surface area contributed by atoms with Crippen molar-refractivity contribution in [1.29, 1.82) is 0 Å². The van der Waals surface area contributed by atoms with Gasteiger partial charge in [0.25, 0.3) is 0 Å². The van der Waals surface area contributed by atoms with Gasteiger partial charge in [0, 0.05) is 12.0 Å². The van der Waals surface area contributed by atoms with E-state index in [9.17, 15) is 13.2 Å². The summed E-state index contributed by atoms with van der Waals surface area (Å²) in [5.74, 6) is 0.852. The van der Waals surface area contributed by atoms with Crippen molar-refractivity contribution < 1.29 is 22.7 Å². The second-order valence-corrected chi connectivity index (χ2v) is 10.1. The molecular formula is C21H25ClN2O5S. The first kappa shape index (κ1) is 22.2. The zero-order valence-electron chi connectivity index (χ0n) is 17.3. The smallest absolute Gasteiger partial charge is 0.241 e. The zero-order chi connectivity index (χ0) is 22.1. The van der Waals surface area contributed by atoms with Crippen molar-refractivity contribution in [2.24, 2.45) is 0 Å². The number of sulfonamides is 1. The van der Waals surface area contributed by atoms with Gasteiger partial charge in [-0.3, -0.25) is 9.10 Å². The van der Waals surface area contributed by atoms with Gasteiger partial charge in [0.15, 0.2) is 0 Å². The lowest BCUT2D eigenvalue weighted by atomic mass is 9.89. The molecule has 1 N–H and O–H groups in total. The summed E-state index contributed by atoms with van der Waals surface area (Å²) in [7, 11) is -2.16. The van der Waals surface area contributed by atoms with Crippen LogP contribution >= 0.6 is 11.6 Å². The van der Waals surface area contributed by atoms with Gasteiger partial charge in [-0.05, 0) is 44.2 Å². The van der Waals surface area contributed by atoms with Crippen molar-refractivity contribution in [2.45, 2.75) is 31.9 Å². The molecule has 162 valence electrons. The number of hydrogen-bond acceptors (Lipinski definition) is 5. The molecular weight excluding hydrogens is 428 g/mol. The molecule has 1 unspecified atom stereocenters. The number of carbonyl (C=O) groups is 1. The number of nitrogens with zero attached hydrogens (tertiary/aromatic N) is 1. The number of rotatable bonds is 6. The summed E-state index contributed by atoms with van der Waals surface area (Å²) < 4.78 is 37.0. The van der Waals surface area contributed by atoms with Crippen molar-refractivity contribution in [3.05, 3.63) is 53.1 Å². The standard InChI is InChI=1S/C21H25ClN2O5S/c1-21(2)12-17(15-11-14(28-3)9-10-19(15)29-21)23-20(25)13-24(30(4,26)27)18-8-6-5-7-16(18)22/h5-11,17H,12-13H2,1-4H3,(H,23,25). The molecule has 0 aromatic heterocycles. The molecule has 2 aromatic rings. The van der Waals surface area contributed by atoms with Crippen LogP contribution in [0.3, 0.4) is 0 Å². The molecule has 0 radical (unpaired) electrons. The second-order valence-electron chi connectivity index (χ2n) is 7.81. The number of halogens is 1. The van der Waals surface area contributed by atoms with E-state index < -0.39 is 21.5 Å². The number of para-hydroxylation sites is 1. The van der Waals surface area contributed by atoms with Crippen LogP contribution in [0.25, 0.3) is 0 Å². The second kappa shape index (κ2) is 8.35. The number of nitrogens with one attached hydrogen (secondary N) is 1. The number of benzene rings is 2. The number of hydrogen-bond donors (Lipinski definition) is 1. The lowest BCUT2D eigenvalue weighted by molar-refractivity contribution is -0.120. The molecule has 3 rings (SSSR count). The van der Waals surface area contributed by atoms with Gasteiger partial charge in [0.1, 0.15) is 23.6 Å². The van der Waals surface area contributed by atoms with E-state index in [2.05, 4.69) is 5.32 Å². The summed E-state index contributed by atoms with van der Waals surface area (Å²) in [4.78, 5) is 12.9. The minimum absolute atomic E-state index is 0.248. The van der Waals surface area contributed by atoms with Gasteiger partial charge in [-0.1, -0.05) is 23.7 Å². The highest BCUT2D eigenvalue weighted by Gasteiger charge is 2.35. The van der Waals surface area contributed by atoms with Gasteiger partial charge in [-0.25, -0.2) is 8.42 Å². The minimum Gasteiger partial charge on any atom is -0.497 e. The van der Waals surface area contributed by atoms with Crippen molar-refractivity contribution in [3.63, 3.8) is 0 Å². The van der Waals surface area contributed by atoms with Crippen molar-refractivity contribution in [3.8, 4) is 11.5 Å². The number of methoxy groups -OCH3 is 1. The van der Waals surface area contributed by atoms with Crippen LogP contribution in [0.5, 0.6) is 11.5 Å². The topological polar surface area (TPSA) is 84.9 Å². The highest BCUT2D eigenvalue weighted by Crippen LogP contribution is 2.41. The van der Waals surface area contributed by atoms with Crippen LogP contribution in [0.2, 0.25) is 5.02 Å². The third-order valence-electron chi connectivity index (χ3n) is 4.82.